The Morgan fingerprint density at radius 1 is 1.10 bits per heavy atom. The molecule has 0 saturated carbocycles. The molecular formula is C11H25N3O4S2. The molecule has 0 aromatic carbocycles. The van der Waals surface area contributed by atoms with Gasteiger partial charge in [0.25, 0.3) is 10.2 Å². The van der Waals surface area contributed by atoms with Crippen LogP contribution in [-0.4, -0.2) is 52.6 Å². The maximum absolute atomic E-state index is 12.1. The van der Waals surface area contributed by atoms with Crippen LogP contribution in [0, 0.1) is 0 Å². The van der Waals surface area contributed by atoms with Crippen LogP contribution in [0.2, 0.25) is 0 Å². The first kappa shape index (κ1) is 17.8. The summed E-state index contributed by atoms with van der Waals surface area (Å²) in [7, 11) is -6.65. The van der Waals surface area contributed by atoms with E-state index in [4.69, 9.17) is 0 Å². The molecule has 20 heavy (non-hydrogen) atoms. The molecule has 1 aliphatic rings. The number of nitrogens with zero attached hydrogens (tertiary/aromatic N) is 1. The summed E-state index contributed by atoms with van der Waals surface area (Å²) in [6.07, 6.45) is 3.27. The first-order valence-corrected chi connectivity index (χ1v) is 10.1. The largest absolute Gasteiger partial charge is 0.279 e. The minimum absolute atomic E-state index is 0.0276. The standard InChI is InChI=1S/C11H25N3O4S2/c1-3-19(15,16)12-8-6-9-13-20(17,18)14-10-5-4-7-11(14)2/h11-13H,3-10H2,1-2H3. The van der Waals surface area contributed by atoms with Crippen molar-refractivity contribution in [3.05, 3.63) is 0 Å². The zero-order valence-electron chi connectivity index (χ0n) is 12.1. The number of hydrogen-bond acceptors (Lipinski definition) is 4. The van der Waals surface area contributed by atoms with E-state index in [-0.39, 0.29) is 24.9 Å². The zero-order chi connectivity index (χ0) is 15.2. The van der Waals surface area contributed by atoms with Gasteiger partial charge in [0.2, 0.25) is 10.0 Å². The lowest BCUT2D eigenvalue weighted by Crippen LogP contribution is -2.48. The van der Waals surface area contributed by atoms with Crippen molar-refractivity contribution in [3.63, 3.8) is 0 Å². The molecular weight excluding hydrogens is 302 g/mol. The molecule has 0 aromatic heterocycles. The van der Waals surface area contributed by atoms with Crippen molar-refractivity contribution in [2.24, 2.45) is 0 Å². The summed E-state index contributed by atoms with van der Waals surface area (Å²) in [4.78, 5) is 0. The molecule has 0 amide bonds. The molecule has 1 unspecified atom stereocenters. The highest BCUT2D eigenvalue weighted by molar-refractivity contribution is 7.89. The van der Waals surface area contributed by atoms with Crippen LogP contribution in [-0.2, 0) is 20.2 Å². The minimum atomic E-state index is -3.45. The van der Waals surface area contributed by atoms with E-state index in [1.807, 2.05) is 6.92 Å². The fourth-order valence-electron chi connectivity index (χ4n) is 2.13. The van der Waals surface area contributed by atoms with Gasteiger partial charge in [0, 0.05) is 25.7 Å². The monoisotopic (exact) mass is 327 g/mol. The van der Waals surface area contributed by atoms with Crippen LogP contribution in [0.15, 0.2) is 0 Å². The minimum Gasteiger partial charge on any atom is -0.215 e. The van der Waals surface area contributed by atoms with Crippen LogP contribution < -0.4 is 9.44 Å². The van der Waals surface area contributed by atoms with Gasteiger partial charge >= 0.3 is 0 Å². The normalized spacial score (nSPS) is 22.0. The van der Waals surface area contributed by atoms with E-state index in [0.29, 0.717) is 13.0 Å². The van der Waals surface area contributed by atoms with Crippen molar-refractivity contribution in [2.45, 2.75) is 45.6 Å². The second-order valence-electron chi connectivity index (χ2n) is 5.01. The van der Waals surface area contributed by atoms with Crippen molar-refractivity contribution in [3.8, 4) is 0 Å². The Morgan fingerprint density at radius 2 is 1.75 bits per heavy atom. The Labute approximate surface area is 122 Å². The number of piperidine rings is 1. The molecule has 0 aliphatic carbocycles. The molecule has 1 heterocycles. The molecule has 1 atom stereocenters. The molecule has 1 rings (SSSR count). The summed E-state index contributed by atoms with van der Waals surface area (Å²) in [5.74, 6) is 0.0318. The highest BCUT2D eigenvalue weighted by Gasteiger charge is 2.28. The van der Waals surface area contributed by atoms with Crippen LogP contribution in [0.3, 0.4) is 0 Å². The molecule has 9 heteroatoms. The molecule has 1 aliphatic heterocycles. The summed E-state index contributed by atoms with van der Waals surface area (Å²) in [5, 5.41) is 0. The summed E-state index contributed by atoms with van der Waals surface area (Å²) >= 11 is 0. The predicted molar refractivity (Wildman–Crippen MR) is 79.0 cm³/mol. The van der Waals surface area contributed by atoms with E-state index in [1.165, 1.54) is 4.31 Å². The van der Waals surface area contributed by atoms with Gasteiger partial charge in [-0.2, -0.15) is 12.7 Å². The second-order valence-corrected chi connectivity index (χ2v) is 8.81. The Hall–Kier alpha value is -0.220. The van der Waals surface area contributed by atoms with Crippen molar-refractivity contribution >= 4 is 20.2 Å². The van der Waals surface area contributed by atoms with Gasteiger partial charge in [-0.25, -0.2) is 17.9 Å². The smallest absolute Gasteiger partial charge is 0.215 e. The zero-order valence-corrected chi connectivity index (χ0v) is 13.8. The third-order valence-electron chi connectivity index (χ3n) is 3.39. The summed E-state index contributed by atoms with van der Waals surface area (Å²) in [6, 6.07) is 0.0276. The van der Waals surface area contributed by atoms with Crippen LogP contribution in [0.4, 0.5) is 0 Å². The third kappa shape index (κ3) is 5.65. The average molecular weight is 327 g/mol. The number of hydrogen-bond donors (Lipinski definition) is 2. The number of rotatable bonds is 8. The SMILES string of the molecule is CCS(=O)(=O)NCCCNS(=O)(=O)N1CCCCC1C. The molecule has 120 valence electrons. The van der Waals surface area contributed by atoms with E-state index in [2.05, 4.69) is 9.44 Å². The van der Waals surface area contributed by atoms with E-state index in [9.17, 15) is 16.8 Å². The van der Waals surface area contributed by atoms with E-state index in [1.54, 1.807) is 6.92 Å². The van der Waals surface area contributed by atoms with Crippen molar-refractivity contribution in [2.75, 3.05) is 25.4 Å². The predicted octanol–water partition coefficient (Wildman–Crippen LogP) is 0.0246. The van der Waals surface area contributed by atoms with Gasteiger partial charge in [-0.05, 0) is 33.1 Å². The highest BCUT2D eigenvalue weighted by atomic mass is 32.2. The molecule has 7 nitrogen and oxygen atoms in total. The fourth-order valence-corrected chi connectivity index (χ4v) is 4.31. The fraction of sp³-hybridized carbons (Fsp3) is 1.00. The van der Waals surface area contributed by atoms with Crippen LogP contribution in [0.25, 0.3) is 0 Å². The Balaban J connectivity index is 2.33. The van der Waals surface area contributed by atoms with Crippen LogP contribution in [0.1, 0.15) is 39.5 Å². The third-order valence-corrected chi connectivity index (χ3v) is 6.52. The first-order chi connectivity index (χ1) is 9.28. The van der Waals surface area contributed by atoms with Crippen molar-refractivity contribution in [1.29, 1.82) is 0 Å². The molecule has 0 aromatic rings. The summed E-state index contributed by atoms with van der Waals surface area (Å²) < 4.78 is 53.0. The quantitative estimate of drug-likeness (QED) is 0.615. The van der Waals surface area contributed by atoms with Crippen LogP contribution >= 0.6 is 0 Å². The van der Waals surface area contributed by atoms with Gasteiger partial charge in [0.15, 0.2) is 0 Å². The molecule has 2 N–H and O–H groups in total. The first-order valence-electron chi connectivity index (χ1n) is 7.02. The number of sulfonamides is 1. The Bertz CT molecular complexity index is 490. The lowest BCUT2D eigenvalue weighted by Gasteiger charge is -2.32. The maximum Gasteiger partial charge on any atom is 0.279 e. The number of nitrogens with one attached hydrogen (secondary N) is 2. The van der Waals surface area contributed by atoms with E-state index in [0.717, 1.165) is 19.3 Å². The Morgan fingerprint density at radius 3 is 2.35 bits per heavy atom. The average Bonchev–Trinajstić information content (AvgIpc) is 2.38. The maximum atomic E-state index is 12.1. The summed E-state index contributed by atoms with van der Waals surface area (Å²) in [5.41, 5.74) is 0. The molecule has 0 bridgehead atoms. The van der Waals surface area contributed by atoms with Gasteiger partial charge in [0.1, 0.15) is 0 Å². The lowest BCUT2D eigenvalue weighted by atomic mass is 10.1. The molecule has 1 fully saturated rings. The van der Waals surface area contributed by atoms with Crippen molar-refractivity contribution in [1.82, 2.24) is 13.7 Å². The van der Waals surface area contributed by atoms with E-state index >= 15 is 0 Å². The van der Waals surface area contributed by atoms with Gasteiger partial charge in [0.05, 0.1) is 5.75 Å². The van der Waals surface area contributed by atoms with Gasteiger partial charge in [-0.15, -0.1) is 0 Å². The molecule has 0 radical (unpaired) electrons. The van der Waals surface area contributed by atoms with Crippen molar-refractivity contribution < 1.29 is 16.8 Å². The Kier molecular flexibility index (Phi) is 6.86. The van der Waals surface area contributed by atoms with Crippen LogP contribution in [0.5, 0.6) is 0 Å². The molecule has 0 spiro atoms. The second kappa shape index (κ2) is 7.69. The van der Waals surface area contributed by atoms with E-state index < -0.39 is 20.2 Å². The van der Waals surface area contributed by atoms with Gasteiger partial charge < -0.3 is 0 Å². The van der Waals surface area contributed by atoms with Gasteiger partial charge in [-0.3, -0.25) is 0 Å². The lowest BCUT2D eigenvalue weighted by molar-refractivity contribution is 0.265. The highest BCUT2D eigenvalue weighted by Crippen LogP contribution is 2.18. The summed E-state index contributed by atoms with van der Waals surface area (Å²) in [6.45, 7) is 4.50. The van der Waals surface area contributed by atoms with Gasteiger partial charge in [-0.1, -0.05) is 6.42 Å². The molecule has 1 saturated heterocycles. The topological polar surface area (TPSA) is 95.6 Å².